The number of aryl methyl sites for hydroxylation is 2. The van der Waals surface area contributed by atoms with Crippen molar-refractivity contribution in [3.63, 3.8) is 0 Å². The van der Waals surface area contributed by atoms with Crippen LogP contribution in [0.4, 0.5) is 11.4 Å². The zero-order chi connectivity index (χ0) is 13.3. The van der Waals surface area contributed by atoms with Gasteiger partial charge in [-0.1, -0.05) is 12.1 Å². The van der Waals surface area contributed by atoms with E-state index in [1.165, 1.54) is 4.90 Å². The fraction of sp³-hybridized carbons (Fsp3) is 0.231. The molecule has 1 heterocycles. The fourth-order valence-electron chi connectivity index (χ4n) is 1.88. The number of aromatic nitrogens is 2. The summed E-state index contributed by atoms with van der Waals surface area (Å²) in [5, 5.41) is 4.17. The summed E-state index contributed by atoms with van der Waals surface area (Å²) in [7, 11) is 3.46. The van der Waals surface area contributed by atoms with Gasteiger partial charge in [-0.2, -0.15) is 5.10 Å². The van der Waals surface area contributed by atoms with Crippen LogP contribution < -0.4 is 10.6 Å². The first-order valence-electron chi connectivity index (χ1n) is 5.64. The first kappa shape index (κ1) is 12.2. The normalized spacial score (nSPS) is 10.4. The molecule has 0 spiro atoms. The highest BCUT2D eigenvalue weighted by Gasteiger charge is 2.18. The second-order valence-electron chi connectivity index (χ2n) is 4.22. The van der Waals surface area contributed by atoms with Gasteiger partial charge < -0.3 is 10.6 Å². The molecule has 94 valence electrons. The molecule has 18 heavy (non-hydrogen) atoms. The summed E-state index contributed by atoms with van der Waals surface area (Å²) in [6.45, 7) is 1.85. The number of carbonyl (C=O) groups is 1. The van der Waals surface area contributed by atoms with Gasteiger partial charge in [0, 0.05) is 14.1 Å². The van der Waals surface area contributed by atoms with E-state index < -0.39 is 0 Å². The number of nitrogens with two attached hydrogens (primary N) is 1. The van der Waals surface area contributed by atoms with Gasteiger partial charge in [0.2, 0.25) is 0 Å². The molecule has 5 heteroatoms. The molecule has 0 aliphatic carbocycles. The summed E-state index contributed by atoms with van der Waals surface area (Å²) < 4.78 is 1.58. The molecule has 2 N–H and O–H groups in total. The lowest BCUT2D eigenvalue weighted by atomic mass is 10.2. The maximum Gasteiger partial charge on any atom is 0.276 e. The number of nitrogen functional groups attached to an aromatic ring is 1. The predicted octanol–water partition coefficient (Wildman–Crippen LogP) is 1.59. The molecular weight excluding hydrogens is 228 g/mol. The van der Waals surface area contributed by atoms with Crippen molar-refractivity contribution in [2.45, 2.75) is 6.92 Å². The maximum absolute atomic E-state index is 12.3. The van der Waals surface area contributed by atoms with Crippen molar-refractivity contribution in [1.29, 1.82) is 0 Å². The van der Waals surface area contributed by atoms with Crippen LogP contribution >= 0.6 is 0 Å². The third kappa shape index (κ3) is 2.07. The Kier molecular flexibility index (Phi) is 3.06. The van der Waals surface area contributed by atoms with Gasteiger partial charge in [0.15, 0.2) is 0 Å². The van der Waals surface area contributed by atoms with Crippen molar-refractivity contribution in [3.05, 3.63) is 41.7 Å². The molecule has 5 nitrogen and oxygen atoms in total. The van der Waals surface area contributed by atoms with E-state index in [1.807, 2.05) is 25.1 Å². The molecule has 0 atom stereocenters. The number of para-hydroxylation sites is 2. The standard InChI is InChI=1S/C13H16N4O/c1-9-8-12(17(3)15-9)13(18)16(2)11-7-5-4-6-10(11)14/h4-8H,14H2,1-3H3. The number of amides is 1. The van der Waals surface area contributed by atoms with Gasteiger partial charge in [-0.3, -0.25) is 9.48 Å². The van der Waals surface area contributed by atoms with Crippen LogP contribution in [-0.2, 0) is 7.05 Å². The summed E-state index contributed by atoms with van der Waals surface area (Å²) in [5.74, 6) is -0.129. The molecule has 0 bridgehead atoms. The average Bonchev–Trinajstić information content (AvgIpc) is 2.67. The van der Waals surface area contributed by atoms with Crippen molar-refractivity contribution in [3.8, 4) is 0 Å². The highest BCUT2D eigenvalue weighted by atomic mass is 16.2. The second kappa shape index (κ2) is 4.52. The van der Waals surface area contributed by atoms with Crippen molar-refractivity contribution in [1.82, 2.24) is 9.78 Å². The molecule has 0 aliphatic heterocycles. The quantitative estimate of drug-likeness (QED) is 0.816. The summed E-state index contributed by atoms with van der Waals surface area (Å²) in [6, 6.07) is 9.04. The van der Waals surface area contributed by atoms with Crippen LogP contribution in [0, 0.1) is 6.92 Å². The van der Waals surface area contributed by atoms with Crippen molar-refractivity contribution < 1.29 is 4.79 Å². The minimum atomic E-state index is -0.129. The summed E-state index contributed by atoms with van der Waals surface area (Å²) in [6.07, 6.45) is 0. The molecule has 0 saturated heterocycles. The zero-order valence-electron chi connectivity index (χ0n) is 10.7. The molecule has 2 rings (SSSR count). The zero-order valence-corrected chi connectivity index (χ0v) is 10.7. The molecule has 0 fully saturated rings. The summed E-state index contributed by atoms with van der Waals surface area (Å²) in [4.78, 5) is 13.9. The van der Waals surface area contributed by atoms with Crippen molar-refractivity contribution in [2.75, 3.05) is 17.7 Å². The van der Waals surface area contributed by atoms with Gasteiger partial charge in [-0.25, -0.2) is 0 Å². The van der Waals surface area contributed by atoms with E-state index in [0.717, 1.165) is 5.69 Å². The molecule has 1 aromatic carbocycles. The third-order valence-corrected chi connectivity index (χ3v) is 2.82. The number of carbonyl (C=O) groups excluding carboxylic acids is 1. The largest absolute Gasteiger partial charge is 0.397 e. The number of nitrogens with zero attached hydrogens (tertiary/aromatic N) is 3. The monoisotopic (exact) mass is 244 g/mol. The van der Waals surface area contributed by atoms with Crippen LogP contribution in [0.15, 0.2) is 30.3 Å². The molecule has 0 unspecified atom stereocenters. The SMILES string of the molecule is Cc1cc(C(=O)N(C)c2ccccc2N)n(C)n1. The van der Waals surface area contributed by atoms with Crippen LogP contribution in [0.2, 0.25) is 0 Å². The van der Waals surface area contributed by atoms with Crippen LogP contribution in [0.3, 0.4) is 0 Å². The Hall–Kier alpha value is -2.30. The minimum absolute atomic E-state index is 0.129. The lowest BCUT2D eigenvalue weighted by Crippen LogP contribution is -2.28. The number of benzene rings is 1. The van der Waals surface area contributed by atoms with Gasteiger partial charge in [0.1, 0.15) is 5.69 Å². The summed E-state index contributed by atoms with van der Waals surface area (Å²) >= 11 is 0. The van der Waals surface area contributed by atoms with Gasteiger partial charge in [0.25, 0.3) is 5.91 Å². The molecule has 1 aromatic heterocycles. The Morgan fingerprint density at radius 1 is 1.39 bits per heavy atom. The first-order valence-corrected chi connectivity index (χ1v) is 5.64. The van der Waals surface area contributed by atoms with Crippen LogP contribution in [-0.4, -0.2) is 22.7 Å². The molecule has 0 radical (unpaired) electrons. The van der Waals surface area contributed by atoms with Crippen molar-refractivity contribution >= 4 is 17.3 Å². The van der Waals surface area contributed by atoms with Crippen LogP contribution in [0.25, 0.3) is 0 Å². The van der Waals surface area contributed by atoms with Gasteiger partial charge in [-0.15, -0.1) is 0 Å². The highest BCUT2D eigenvalue weighted by molar-refractivity contribution is 6.06. The van der Waals surface area contributed by atoms with E-state index in [0.29, 0.717) is 17.1 Å². The van der Waals surface area contributed by atoms with Gasteiger partial charge in [0.05, 0.1) is 17.1 Å². The van der Waals surface area contributed by atoms with Gasteiger partial charge in [-0.05, 0) is 25.1 Å². The third-order valence-electron chi connectivity index (χ3n) is 2.82. The van der Waals surface area contributed by atoms with Crippen LogP contribution in [0.1, 0.15) is 16.2 Å². The smallest absolute Gasteiger partial charge is 0.276 e. The van der Waals surface area contributed by atoms with Crippen LogP contribution in [0.5, 0.6) is 0 Å². The second-order valence-corrected chi connectivity index (χ2v) is 4.22. The highest BCUT2D eigenvalue weighted by Crippen LogP contribution is 2.22. The maximum atomic E-state index is 12.3. The minimum Gasteiger partial charge on any atom is -0.397 e. The predicted molar refractivity (Wildman–Crippen MR) is 71.5 cm³/mol. The number of hydrogen-bond donors (Lipinski definition) is 1. The Morgan fingerprint density at radius 3 is 2.61 bits per heavy atom. The number of anilines is 2. The molecule has 2 aromatic rings. The fourth-order valence-corrected chi connectivity index (χ4v) is 1.88. The first-order chi connectivity index (χ1) is 8.50. The van der Waals surface area contributed by atoms with E-state index in [1.54, 1.807) is 30.9 Å². The van der Waals surface area contributed by atoms with E-state index >= 15 is 0 Å². The number of rotatable bonds is 2. The van der Waals surface area contributed by atoms with Crippen molar-refractivity contribution in [2.24, 2.45) is 7.05 Å². The Labute approximate surface area is 106 Å². The molecule has 1 amide bonds. The molecule has 0 saturated carbocycles. The molecular formula is C13H16N4O. The lowest BCUT2D eigenvalue weighted by Gasteiger charge is -2.18. The molecule has 0 aliphatic rings. The van der Waals surface area contributed by atoms with E-state index in [4.69, 9.17) is 5.73 Å². The van der Waals surface area contributed by atoms with E-state index in [-0.39, 0.29) is 5.91 Å². The van der Waals surface area contributed by atoms with Gasteiger partial charge >= 0.3 is 0 Å². The Morgan fingerprint density at radius 2 is 2.06 bits per heavy atom. The lowest BCUT2D eigenvalue weighted by molar-refractivity contribution is 0.0984. The Bertz CT molecular complexity index is 588. The topological polar surface area (TPSA) is 64.2 Å². The average molecular weight is 244 g/mol. The van der Waals surface area contributed by atoms with E-state index in [9.17, 15) is 4.79 Å². The van der Waals surface area contributed by atoms with E-state index in [2.05, 4.69) is 5.10 Å². The number of hydrogen-bond acceptors (Lipinski definition) is 3. The Balaban J connectivity index is 2.35. The summed E-state index contributed by atoms with van der Waals surface area (Å²) in [5.41, 5.74) is 8.49.